The Hall–Kier alpha value is -1.34. The summed E-state index contributed by atoms with van der Waals surface area (Å²) >= 11 is 0. The average molecular weight is 286 g/mol. The van der Waals surface area contributed by atoms with Crippen molar-refractivity contribution in [1.29, 1.82) is 0 Å². The van der Waals surface area contributed by atoms with Gasteiger partial charge < -0.3 is 9.73 Å². The minimum absolute atomic E-state index is 0.0237. The maximum Gasteiger partial charge on any atom is 0.287 e. The number of carbonyl (C=O) groups is 1. The van der Waals surface area contributed by atoms with E-state index >= 15 is 0 Å². The van der Waals surface area contributed by atoms with Crippen LogP contribution in [0.3, 0.4) is 0 Å². The largest absolute Gasteiger partial charge is 0.455 e. The number of sulfonamides is 1. The van der Waals surface area contributed by atoms with Crippen LogP contribution in [0.5, 0.6) is 0 Å². The summed E-state index contributed by atoms with van der Waals surface area (Å²) in [6, 6.07) is 1.17. The van der Waals surface area contributed by atoms with Crippen LogP contribution in [0.1, 0.15) is 42.5 Å². The minimum Gasteiger partial charge on any atom is -0.455 e. The molecule has 0 spiro atoms. The highest BCUT2D eigenvalue weighted by Gasteiger charge is 2.32. The predicted molar refractivity (Wildman–Crippen MR) is 69.1 cm³/mol. The second-order valence-electron chi connectivity index (χ2n) is 5.42. The van der Waals surface area contributed by atoms with Crippen LogP contribution in [-0.2, 0) is 10.0 Å². The number of furan rings is 1. The molecule has 1 fully saturated rings. The van der Waals surface area contributed by atoms with Gasteiger partial charge in [-0.2, -0.15) is 0 Å². The third kappa shape index (κ3) is 2.98. The zero-order valence-electron chi connectivity index (χ0n) is 11.0. The Morgan fingerprint density at radius 3 is 2.58 bits per heavy atom. The molecule has 1 aromatic heterocycles. The van der Waals surface area contributed by atoms with Gasteiger partial charge in [0.2, 0.25) is 10.0 Å². The first kappa shape index (κ1) is 14.1. The van der Waals surface area contributed by atoms with Crippen molar-refractivity contribution in [2.45, 2.75) is 38.0 Å². The number of nitrogens with one attached hydrogen (secondary N) is 1. The van der Waals surface area contributed by atoms with Crippen LogP contribution in [0.2, 0.25) is 0 Å². The lowest BCUT2D eigenvalue weighted by atomic mass is 9.70. The average Bonchev–Trinajstić information content (AvgIpc) is 2.65. The maximum absolute atomic E-state index is 11.9. The van der Waals surface area contributed by atoms with Gasteiger partial charge >= 0.3 is 0 Å². The molecule has 0 aromatic carbocycles. The highest BCUT2D eigenvalue weighted by molar-refractivity contribution is 7.89. The van der Waals surface area contributed by atoms with E-state index in [1.54, 1.807) is 0 Å². The van der Waals surface area contributed by atoms with E-state index in [1.165, 1.54) is 19.4 Å². The Morgan fingerprint density at radius 2 is 2.16 bits per heavy atom. The number of rotatable bonds is 4. The number of hydrogen-bond donors (Lipinski definition) is 2. The monoisotopic (exact) mass is 286 g/mol. The SMILES string of the molecule is Cc1oc(C(=O)NCC2(C)CCC2)cc1S(N)(=O)=O. The molecule has 0 radical (unpaired) electrons. The summed E-state index contributed by atoms with van der Waals surface area (Å²) in [5.74, 6) is -0.307. The van der Waals surface area contributed by atoms with Gasteiger partial charge in [0.05, 0.1) is 0 Å². The van der Waals surface area contributed by atoms with E-state index in [0.717, 1.165) is 12.8 Å². The van der Waals surface area contributed by atoms with Crippen molar-refractivity contribution in [2.24, 2.45) is 10.6 Å². The van der Waals surface area contributed by atoms with E-state index in [2.05, 4.69) is 12.2 Å². The molecule has 7 heteroatoms. The van der Waals surface area contributed by atoms with Gasteiger partial charge in [0.25, 0.3) is 5.91 Å². The van der Waals surface area contributed by atoms with E-state index in [-0.39, 0.29) is 21.8 Å². The molecule has 3 N–H and O–H groups in total. The van der Waals surface area contributed by atoms with Crippen molar-refractivity contribution in [2.75, 3.05) is 6.54 Å². The molecule has 0 unspecified atom stereocenters. The molecule has 0 aliphatic heterocycles. The standard InChI is InChI=1S/C12H18N2O4S/c1-8-10(19(13,16)17)6-9(18-8)11(15)14-7-12(2)4-3-5-12/h6H,3-5,7H2,1-2H3,(H,14,15)(H2,13,16,17). The Morgan fingerprint density at radius 1 is 1.53 bits per heavy atom. The molecule has 6 nitrogen and oxygen atoms in total. The number of carbonyl (C=O) groups excluding carboxylic acids is 1. The topological polar surface area (TPSA) is 102 Å². The minimum atomic E-state index is -3.86. The zero-order valence-corrected chi connectivity index (χ0v) is 11.8. The summed E-state index contributed by atoms with van der Waals surface area (Å²) < 4.78 is 27.6. The van der Waals surface area contributed by atoms with Crippen LogP contribution < -0.4 is 10.5 Å². The Kier molecular flexibility index (Phi) is 3.44. The van der Waals surface area contributed by atoms with Crippen LogP contribution in [-0.4, -0.2) is 20.9 Å². The Balaban J connectivity index is 2.08. The first-order valence-electron chi connectivity index (χ1n) is 6.13. The highest BCUT2D eigenvalue weighted by Crippen LogP contribution is 2.39. The Labute approximate surface area is 112 Å². The fourth-order valence-corrected chi connectivity index (χ4v) is 2.91. The van der Waals surface area contributed by atoms with Crippen LogP contribution in [0.25, 0.3) is 0 Å². The molecule has 1 aliphatic carbocycles. The molecule has 19 heavy (non-hydrogen) atoms. The Bertz CT molecular complexity index is 599. The fourth-order valence-electron chi connectivity index (χ4n) is 2.20. The predicted octanol–water partition coefficient (Wildman–Crippen LogP) is 1.16. The second-order valence-corrected chi connectivity index (χ2v) is 6.95. The van der Waals surface area contributed by atoms with E-state index in [1.807, 2.05) is 0 Å². The van der Waals surface area contributed by atoms with Gasteiger partial charge in [0, 0.05) is 12.6 Å². The lowest BCUT2D eigenvalue weighted by molar-refractivity contribution is 0.0862. The molecule has 1 saturated carbocycles. The number of primary sulfonamides is 1. The van der Waals surface area contributed by atoms with Crippen LogP contribution in [0, 0.1) is 12.3 Å². The molecule has 1 aliphatic rings. The molecule has 1 heterocycles. The molecule has 2 rings (SSSR count). The molecule has 1 amide bonds. The molecular weight excluding hydrogens is 268 g/mol. The number of amides is 1. The van der Waals surface area contributed by atoms with Crippen molar-refractivity contribution in [3.63, 3.8) is 0 Å². The van der Waals surface area contributed by atoms with E-state index < -0.39 is 15.9 Å². The zero-order chi connectivity index (χ0) is 14.3. The van der Waals surface area contributed by atoms with E-state index in [4.69, 9.17) is 9.56 Å². The summed E-state index contributed by atoms with van der Waals surface area (Å²) in [6.45, 7) is 4.14. The number of hydrogen-bond acceptors (Lipinski definition) is 4. The molecule has 106 valence electrons. The van der Waals surface area contributed by atoms with Gasteiger partial charge in [-0.1, -0.05) is 13.3 Å². The molecular formula is C12H18N2O4S. The third-order valence-electron chi connectivity index (χ3n) is 3.64. The summed E-state index contributed by atoms with van der Waals surface area (Å²) in [5.41, 5.74) is 0.153. The van der Waals surface area contributed by atoms with Gasteiger partial charge in [0.15, 0.2) is 5.76 Å². The summed E-state index contributed by atoms with van der Waals surface area (Å²) in [4.78, 5) is 11.7. The van der Waals surface area contributed by atoms with Crippen molar-refractivity contribution >= 4 is 15.9 Å². The van der Waals surface area contributed by atoms with Crippen molar-refractivity contribution in [3.8, 4) is 0 Å². The number of nitrogens with two attached hydrogens (primary N) is 1. The van der Waals surface area contributed by atoms with Crippen LogP contribution in [0.15, 0.2) is 15.4 Å². The van der Waals surface area contributed by atoms with Gasteiger partial charge in [0.1, 0.15) is 10.7 Å². The summed E-state index contributed by atoms with van der Waals surface area (Å²) in [7, 11) is -3.86. The summed E-state index contributed by atoms with van der Waals surface area (Å²) in [5, 5.41) is 7.79. The van der Waals surface area contributed by atoms with Gasteiger partial charge in [-0.25, -0.2) is 13.6 Å². The maximum atomic E-state index is 11.9. The molecule has 1 aromatic rings. The first-order valence-corrected chi connectivity index (χ1v) is 7.67. The van der Waals surface area contributed by atoms with Crippen molar-refractivity contribution in [1.82, 2.24) is 5.32 Å². The molecule has 0 saturated heterocycles. The first-order chi connectivity index (χ1) is 8.71. The van der Waals surface area contributed by atoms with Crippen molar-refractivity contribution < 1.29 is 17.6 Å². The highest BCUT2D eigenvalue weighted by atomic mass is 32.2. The van der Waals surface area contributed by atoms with Gasteiger partial charge in [-0.3, -0.25) is 4.79 Å². The third-order valence-corrected chi connectivity index (χ3v) is 4.66. The fraction of sp³-hybridized carbons (Fsp3) is 0.583. The lowest BCUT2D eigenvalue weighted by Crippen LogP contribution is -2.39. The smallest absolute Gasteiger partial charge is 0.287 e. The normalized spacial score (nSPS) is 17.8. The van der Waals surface area contributed by atoms with Gasteiger partial charge in [-0.05, 0) is 25.2 Å². The quantitative estimate of drug-likeness (QED) is 0.866. The van der Waals surface area contributed by atoms with E-state index in [0.29, 0.717) is 6.54 Å². The van der Waals surface area contributed by atoms with Crippen LogP contribution in [0.4, 0.5) is 0 Å². The molecule has 0 bridgehead atoms. The lowest BCUT2D eigenvalue weighted by Gasteiger charge is -2.38. The van der Waals surface area contributed by atoms with Crippen LogP contribution >= 0.6 is 0 Å². The number of aryl methyl sites for hydroxylation is 1. The van der Waals surface area contributed by atoms with E-state index in [9.17, 15) is 13.2 Å². The van der Waals surface area contributed by atoms with Crippen molar-refractivity contribution in [3.05, 3.63) is 17.6 Å². The summed E-state index contributed by atoms with van der Waals surface area (Å²) in [6.07, 6.45) is 3.36. The second kappa shape index (κ2) is 4.64. The van der Waals surface area contributed by atoms with Gasteiger partial charge in [-0.15, -0.1) is 0 Å². The molecule has 0 atom stereocenters.